The van der Waals surface area contributed by atoms with Gasteiger partial charge in [0, 0.05) is 17.4 Å². The van der Waals surface area contributed by atoms with Crippen molar-refractivity contribution in [3.05, 3.63) is 65.7 Å². The highest BCUT2D eigenvalue weighted by Gasteiger charge is 2.23. The molecule has 1 N–H and O–H groups in total. The van der Waals surface area contributed by atoms with Crippen molar-refractivity contribution >= 4 is 28.3 Å². The number of rotatable bonds is 6. The summed E-state index contributed by atoms with van der Waals surface area (Å²) in [5.74, 6) is -0.935. The van der Waals surface area contributed by atoms with E-state index >= 15 is 0 Å². The van der Waals surface area contributed by atoms with Gasteiger partial charge in [0.15, 0.2) is 5.76 Å². The lowest BCUT2D eigenvalue weighted by Gasteiger charge is -2.06. The van der Waals surface area contributed by atoms with Crippen LogP contribution in [-0.2, 0) is 4.79 Å². The van der Waals surface area contributed by atoms with Gasteiger partial charge in [-0.1, -0.05) is 25.5 Å². The van der Waals surface area contributed by atoms with Gasteiger partial charge >= 0.3 is 0 Å². The second-order valence-electron chi connectivity index (χ2n) is 5.79. The number of para-hydroxylation sites is 1. The van der Waals surface area contributed by atoms with E-state index in [0.717, 1.165) is 12.8 Å². The number of unbranched alkanes of at least 4 members (excludes halogenated alkanes) is 1. The zero-order valence-corrected chi connectivity index (χ0v) is 13.8. The molecule has 1 amide bonds. The van der Waals surface area contributed by atoms with Gasteiger partial charge in [0.1, 0.15) is 11.4 Å². The molecule has 1 heterocycles. The third-order valence-electron chi connectivity index (χ3n) is 3.93. The van der Waals surface area contributed by atoms with E-state index in [1.54, 1.807) is 18.2 Å². The Balaban J connectivity index is 2.01. The molecule has 0 unspecified atom stereocenters. The molecule has 0 atom stereocenters. The fraction of sp³-hybridized carbons (Fsp3) is 0.200. The number of carbonyl (C=O) groups is 2. The van der Waals surface area contributed by atoms with Gasteiger partial charge < -0.3 is 9.73 Å². The van der Waals surface area contributed by atoms with Gasteiger partial charge in [-0.3, -0.25) is 9.59 Å². The highest BCUT2D eigenvalue weighted by atomic mass is 19.1. The molecule has 4 nitrogen and oxygen atoms in total. The van der Waals surface area contributed by atoms with Crippen LogP contribution in [0.4, 0.5) is 10.1 Å². The number of hydrogen-bond acceptors (Lipinski definition) is 3. The average molecular weight is 339 g/mol. The van der Waals surface area contributed by atoms with Crippen LogP contribution in [0.25, 0.3) is 11.0 Å². The predicted octanol–water partition coefficient (Wildman–Crippen LogP) is 4.93. The Hall–Kier alpha value is -2.95. The molecule has 128 valence electrons. The van der Waals surface area contributed by atoms with Crippen LogP contribution in [0, 0.1) is 5.82 Å². The van der Waals surface area contributed by atoms with Crippen LogP contribution in [0.1, 0.15) is 42.3 Å². The zero-order valence-electron chi connectivity index (χ0n) is 13.8. The van der Waals surface area contributed by atoms with Crippen LogP contribution < -0.4 is 5.32 Å². The van der Waals surface area contributed by atoms with Crippen LogP contribution in [0.2, 0.25) is 0 Å². The Kier molecular flexibility index (Phi) is 4.93. The third kappa shape index (κ3) is 3.60. The molecule has 2 aromatic carbocycles. The maximum absolute atomic E-state index is 13.1. The van der Waals surface area contributed by atoms with Gasteiger partial charge in [-0.05, 0) is 42.8 Å². The molecule has 0 saturated heterocycles. The lowest BCUT2D eigenvalue weighted by molar-refractivity contribution is -0.116. The van der Waals surface area contributed by atoms with Gasteiger partial charge in [0.2, 0.25) is 11.7 Å². The number of carbonyl (C=O) groups excluding carboxylic acids is 2. The lowest BCUT2D eigenvalue weighted by atomic mass is 10.1. The molecule has 3 aromatic rings. The molecule has 3 rings (SSSR count). The molecule has 0 saturated carbocycles. The molecule has 0 aliphatic rings. The van der Waals surface area contributed by atoms with Crippen LogP contribution in [0.5, 0.6) is 0 Å². The van der Waals surface area contributed by atoms with Crippen molar-refractivity contribution in [1.82, 2.24) is 0 Å². The minimum atomic E-state index is -0.422. The van der Waals surface area contributed by atoms with Gasteiger partial charge in [0.05, 0.1) is 5.69 Å². The molecule has 0 radical (unpaired) electrons. The summed E-state index contributed by atoms with van der Waals surface area (Å²) in [5, 5.41) is 3.47. The van der Waals surface area contributed by atoms with Crippen molar-refractivity contribution in [2.45, 2.75) is 26.2 Å². The summed E-state index contributed by atoms with van der Waals surface area (Å²) in [7, 11) is 0. The van der Waals surface area contributed by atoms with E-state index in [4.69, 9.17) is 4.42 Å². The van der Waals surface area contributed by atoms with Crippen LogP contribution in [0.3, 0.4) is 0 Å². The van der Waals surface area contributed by atoms with Crippen molar-refractivity contribution in [2.75, 3.05) is 5.32 Å². The summed E-state index contributed by atoms with van der Waals surface area (Å²) in [5.41, 5.74) is 1.18. The molecule has 25 heavy (non-hydrogen) atoms. The fourth-order valence-corrected chi connectivity index (χ4v) is 2.60. The summed E-state index contributed by atoms with van der Waals surface area (Å²) in [6, 6.07) is 12.4. The predicted molar refractivity (Wildman–Crippen MR) is 94.2 cm³/mol. The number of benzene rings is 2. The quantitative estimate of drug-likeness (QED) is 0.648. The summed E-state index contributed by atoms with van der Waals surface area (Å²) >= 11 is 0. The molecular formula is C20H18FNO3. The first-order valence-corrected chi connectivity index (χ1v) is 8.21. The Morgan fingerprint density at radius 3 is 2.52 bits per heavy atom. The van der Waals surface area contributed by atoms with E-state index in [9.17, 15) is 14.0 Å². The normalized spacial score (nSPS) is 10.8. The van der Waals surface area contributed by atoms with Crippen molar-refractivity contribution < 1.29 is 18.4 Å². The van der Waals surface area contributed by atoms with Crippen molar-refractivity contribution in [2.24, 2.45) is 0 Å². The number of hydrogen-bond donors (Lipinski definition) is 1. The second kappa shape index (κ2) is 7.30. The summed E-state index contributed by atoms with van der Waals surface area (Å²) < 4.78 is 18.8. The largest absolute Gasteiger partial charge is 0.450 e. The highest BCUT2D eigenvalue weighted by molar-refractivity contribution is 6.17. The second-order valence-corrected chi connectivity index (χ2v) is 5.79. The number of ketones is 1. The van der Waals surface area contributed by atoms with Crippen LogP contribution >= 0.6 is 0 Å². The van der Waals surface area contributed by atoms with E-state index in [-0.39, 0.29) is 11.7 Å². The third-order valence-corrected chi connectivity index (χ3v) is 3.93. The molecule has 5 heteroatoms. The van der Waals surface area contributed by atoms with E-state index in [2.05, 4.69) is 5.32 Å². The molecule has 0 fully saturated rings. The van der Waals surface area contributed by atoms with Gasteiger partial charge in [-0.2, -0.15) is 0 Å². The maximum Gasteiger partial charge on any atom is 0.230 e. The number of halogens is 1. The van der Waals surface area contributed by atoms with E-state index in [1.807, 2.05) is 13.0 Å². The Morgan fingerprint density at radius 2 is 1.80 bits per heavy atom. The molecule has 0 spiro atoms. The topological polar surface area (TPSA) is 59.3 Å². The number of fused-ring (bicyclic) bond motifs is 1. The highest BCUT2D eigenvalue weighted by Crippen LogP contribution is 2.32. The van der Waals surface area contributed by atoms with E-state index < -0.39 is 11.6 Å². The number of furan rings is 1. The van der Waals surface area contributed by atoms with Crippen molar-refractivity contribution in [3.8, 4) is 0 Å². The smallest absolute Gasteiger partial charge is 0.230 e. The van der Waals surface area contributed by atoms with E-state index in [0.29, 0.717) is 28.6 Å². The van der Waals surface area contributed by atoms with Crippen molar-refractivity contribution in [3.63, 3.8) is 0 Å². The van der Waals surface area contributed by atoms with Gasteiger partial charge in [0.25, 0.3) is 0 Å². The first-order valence-electron chi connectivity index (χ1n) is 8.21. The molecule has 1 aromatic heterocycles. The molecule has 0 aliphatic heterocycles. The number of amides is 1. The molecule has 0 bridgehead atoms. The monoisotopic (exact) mass is 339 g/mol. The molecule has 0 aliphatic carbocycles. The maximum atomic E-state index is 13.1. The zero-order chi connectivity index (χ0) is 17.8. The summed E-state index contributed by atoms with van der Waals surface area (Å²) in [6.45, 7) is 2.00. The number of nitrogens with one attached hydrogen (secondary N) is 1. The minimum absolute atomic E-state index is 0.0534. The lowest BCUT2D eigenvalue weighted by Crippen LogP contribution is -2.13. The minimum Gasteiger partial charge on any atom is -0.450 e. The van der Waals surface area contributed by atoms with E-state index in [1.165, 1.54) is 24.3 Å². The fourth-order valence-electron chi connectivity index (χ4n) is 2.60. The summed E-state index contributed by atoms with van der Waals surface area (Å²) in [6.07, 6.45) is 2.05. The Bertz CT molecular complexity index is 912. The average Bonchev–Trinajstić information content (AvgIpc) is 2.98. The van der Waals surface area contributed by atoms with Gasteiger partial charge in [-0.15, -0.1) is 0 Å². The standard InChI is InChI=1S/C20H18FNO3/c1-2-3-8-17(23)22-18-15-6-4-5-7-16(15)25-20(18)19(24)13-9-11-14(21)12-10-13/h4-7,9-12H,2-3,8H2,1H3,(H,22,23). The van der Waals surface area contributed by atoms with Crippen LogP contribution in [-0.4, -0.2) is 11.7 Å². The summed E-state index contributed by atoms with van der Waals surface area (Å²) in [4.78, 5) is 24.9. The van der Waals surface area contributed by atoms with Crippen LogP contribution in [0.15, 0.2) is 52.9 Å². The SMILES string of the molecule is CCCCC(=O)Nc1c(C(=O)c2ccc(F)cc2)oc2ccccc12. The van der Waals surface area contributed by atoms with Crippen molar-refractivity contribution in [1.29, 1.82) is 0 Å². The Morgan fingerprint density at radius 1 is 1.08 bits per heavy atom. The number of anilines is 1. The van der Waals surface area contributed by atoms with Gasteiger partial charge in [-0.25, -0.2) is 4.39 Å². The first kappa shape index (κ1) is 16.9. The molecular weight excluding hydrogens is 321 g/mol. The Labute approximate surface area is 144 Å². The first-order chi connectivity index (χ1) is 12.1.